The highest BCUT2D eigenvalue weighted by molar-refractivity contribution is 8.07. The minimum Gasteiger partial charge on any atom is -0.493 e. The summed E-state index contributed by atoms with van der Waals surface area (Å²) in [7, 11) is 3.90. The van der Waals surface area contributed by atoms with Crippen LogP contribution in [0.4, 0.5) is 0 Å². The molecule has 5 heteroatoms. The van der Waals surface area contributed by atoms with Gasteiger partial charge in [-0.05, 0) is 61.5 Å². The summed E-state index contributed by atoms with van der Waals surface area (Å²) >= 11 is 1.23. The van der Waals surface area contributed by atoms with Crippen molar-refractivity contribution in [2.45, 2.75) is 30.4 Å². The molecule has 0 aromatic heterocycles. The number of thiocyanates is 1. The molecule has 0 amide bonds. The van der Waals surface area contributed by atoms with Crippen molar-refractivity contribution in [3.05, 3.63) is 45.9 Å². The van der Waals surface area contributed by atoms with Crippen LogP contribution in [-0.4, -0.2) is 37.7 Å². The Morgan fingerprint density at radius 1 is 1.42 bits per heavy atom. The number of nitriles is 1. The average Bonchev–Trinajstić information content (AvgIpc) is 2.94. The van der Waals surface area contributed by atoms with E-state index in [0.717, 1.165) is 35.8 Å². The second-order valence-electron chi connectivity index (χ2n) is 6.94. The molecular formula is C19H18N2O2S. The lowest BCUT2D eigenvalue weighted by Crippen LogP contribution is -2.58. The van der Waals surface area contributed by atoms with Gasteiger partial charge in [-0.2, -0.15) is 5.26 Å². The number of piperidine rings is 1. The number of allylic oxidation sites excluding steroid dienone is 2. The highest BCUT2D eigenvalue weighted by Crippen LogP contribution is 2.63. The lowest BCUT2D eigenvalue weighted by molar-refractivity contribution is 0.116. The molecule has 3 atom stereocenters. The van der Waals surface area contributed by atoms with E-state index in [1.807, 2.05) is 6.07 Å². The molecule has 24 heavy (non-hydrogen) atoms. The van der Waals surface area contributed by atoms with E-state index in [4.69, 9.17) is 9.47 Å². The van der Waals surface area contributed by atoms with E-state index in [1.165, 1.54) is 28.5 Å². The third-order valence-corrected chi connectivity index (χ3v) is 6.76. The molecule has 4 aliphatic rings. The van der Waals surface area contributed by atoms with E-state index in [9.17, 15) is 5.26 Å². The fourth-order valence-corrected chi connectivity index (χ4v) is 5.66. The molecule has 2 bridgehead atoms. The molecule has 1 aromatic carbocycles. The first-order valence-electron chi connectivity index (χ1n) is 8.26. The predicted octanol–water partition coefficient (Wildman–Crippen LogP) is 2.99. The number of rotatable bonds is 2. The zero-order valence-corrected chi connectivity index (χ0v) is 14.5. The van der Waals surface area contributed by atoms with Crippen LogP contribution in [0, 0.1) is 10.7 Å². The number of ether oxygens (including phenoxy) is 2. The molecule has 4 nitrogen and oxygen atoms in total. The third kappa shape index (κ3) is 1.54. The summed E-state index contributed by atoms with van der Waals surface area (Å²) in [6, 6.07) is 4.64. The van der Waals surface area contributed by atoms with E-state index >= 15 is 0 Å². The maximum Gasteiger partial charge on any atom is 0.166 e. The van der Waals surface area contributed by atoms with Crippen molar-refractivity contribution in [2.75, 3.05) is 20.7 Å². The highest BCUT2D eigenvalue weighted by Gasteiger charge is 2.61. The summed E-state index contributed by atoms with van der Waals surface area (Å²) in [6.45, 7) is 1.04. The van der Waals surface area contributed by atoms with Gasteiger partial charge in [0.15, 0.2) is 11.5 Å². The van der Waals surface area contributed by atoms with Gasteiger partial charge in [-0.25, -0.2) is 0 Å². The molecule has 2 aliphatic heterocycles. The van der Waals surface area contributed by atoms with E-state index in [1.54, 1.807) is 7.11 Å². The molecule has 1 fully saturated rings. The second kappa shape index (κ2) is 4.81. The summed E-state index contributed by atoms with van der Waals surface area (Å²) < 4.78 is 12.1. The zero-order valence-electron chi connectivity index (χ0n) is 13.7. The van der Waals surface area contributed by atoms with Crippen LogP contribution in [0.3, 0.4) is 0 Å². The summed E-state index contributed by atoms with van der Waals surface area (Å²) in [5.41, 5.74) is 4.00. The molecular weight excluding hydrogens is 320 g/mol. The molecule has 2 aliphatic carbocycles. The Morgan fingerprint density at radius 2 is 2.29 bits per heavy atom. The summed E-state index contributed by atoms with van der Waals surface area (Å²) in [5, 5.41) is 11.4. The minimum atomic E-state index is -0.122. The van der Waals surface area contributed by atoms with Crippen molar-refractivity contribution in [2.24, 2.45) is 0 Å². The maximum absolute atomic E-state index is 9.22. The number of nitrogens with zero attached hydrogens (tertiary/aromatic N) is 2. The van der Waals surface area contributed by atoms with E-state index in [2.05, 4.69) is 35.6 Å². The predicted molar refractivity (Wildman–Crippen MR) is 93.2 cm³/mol. The molecule has 1 aromatic rings. The van der Waals surface area contributed by atoms with Crippen LogP contribution >= 0.6 is 11.8 Å². The van der Waals surface area contributed by atoms with Crippen LogP contribution in [-0.2, 0) is 11.8 Å². The monoisotopic (exact) mass is 338 g/mol. The van der Waals surface area contributed by atoms with Crippen molar-refractivity contribution in [3.8, 4) is 16.9 Å². The van der Waals surface area contributed by atoms with Crippen molar-refractivity contribution in [1.82, 2.24) is 4.90 Å². The number of likely N-dealkylation sites (N-methyl/N-ethyl adjacent to an activating group) is 1. The van der Waals surface area contributed by atoms with Gasteiger partial charge in [0.25, 0.3) is 0 Å². The van der Waals surface area contributed by atoms with Gasteiger partial charge >= 0.3 is 0 Å². The maximum atomic E-state index is 9.22. The molecule has 5 rings (SSSR count). The third-order valence-electron chi connectivity index (χ3n) is 6.08. The van der Waals surface area contributed by atoms with Gasteiger partial charge in [-0.1, -0.05) is 12.1 Å². The largest absolute Gasteiger partial charge is 0.493 e. The van der Waals surface area contributed by atoms with Crippen LogP contribution in [0.5, 0.6) is 11.5 Å². The Kier molecular flexibility index (Phi) is 2.89. The van der Waals surface area contributed by atoms with Crippen LogP contribution in [0.2, 0.25) is 0 Å². The van der Waals surface area contributed by atoms with Crippen LogP contribution in [0.15, 0.2) is 34.8 Å². The number of benzene rings is 1. The van der Waals surface area contributed by atoms with Crippen LogP contribution < -0.4 is 9.47 Å². The number of hydrogen-bond donors (Lipinski definition) is 0. The lowest BCUT2D eigenvalue weighted by Gasteiger charge is -2.52. The molecule has 0 N–H and O–H groups in total. The zero-order chi connectivity index (χ0) is 16.5. The van der Waals surface area contributed by atoms with Crippen LogP contribution in [0.1, 0.15) is 17.5 Å². The summed E-state index contributed by atoms with van der Waals surface area (Å²) in [4.78, 5) is 3.46. The molecule has 122 valence electrons. The number of hydrogen-bond acceptors (Lipinski definition) is 5. The molecule has 0 unspecified atom stereocenters. The lowest BCUT2D eigenvalue weighted by atomic mass is 9.57. The van der Waals surface area contributed by atoms with E-state index in [-0.39, 0.29) is 11.5 Å². The summed E-state index contributed by atoms with van der Waals surface area (Å²) in [5.74, 6) is 1.69. The fraction of sp³-hybridized carbons (Fsp3) is 0.421. The highest BCUT2D eigenvalue weighted by atomic mass is 32.2. The second-order valence-corrected chi connectivity index (χ2v) is 7.79. The number of likely N-dealkylation sites (tertiary alicyclic amines) is 1. The molecule has 0 radical (unpaired) electrons. The van der Waals surface area contributed by atoms with Crippen molar-refractivity contribution in [1.29, 1.82) is 5.26 Å². The molecule has 1 spiro atoms. The van der Waals surface area contributed by atoms with E-state index < -0.39 is 0 Å². The topological polar surface area (TPSA) is 45.5 Å². The van der Waals surface area contributed by atoms with Crippen molar-refractivity contribution in [3.63, 3.8) is 0 Å². The Labute approximate surface area is 145 Å². The SMILES string of the molecule is COc1ccc2c3c1O[C@H]1C(SC#N)=CC=C4[C@@H](C2)N(C)CC[C@]431. The quantitative estimate of drug-likeness (QED) is 0.776. The Hall–Kier alpha value is -1.90. The van der Waals surface area contributed by atoms with Gasteiger partial charge < -0.3 is 9.47 Å². The van der Waals surface area contributed by atoms with Crippen LogP contribution in [0.25, 0.3) is 0 Å². The Balaban J connectivity index is 1.82. The van der Waals surface area contributed by atoms with Crippen molar-refractivity contribution >= 4 is 11.8 Å². The Morgan fingerprint density at radius 3 is 3.08 bits per heavy atom. The Bertz CT molecular complexity index is 854. The molecule has 1 saturated heterocycles. The average molecular weight is 338 g/mol. The van der Waals surface area contributed by atoms with Gasteiger partial charge in [-0.15, -0.1) is 0 Å². The minimum absolute atomic E-state index is 0.0938. The first kappa shape index (κ1) is 14.4. The molecule has 0 saturated carbocycles. The van der Waals surface area contributed by atoms with Gasteiger partial charge in [0.2, 0.25) is 0 Å². The van der Waals surface area contributed by atoms with Gasteiger partial charge in [-0.3, -0.25) is 4.90 Å². The van der Waals surface area contributed by atoms with Gasteiger partial charge in [0.1, 0.15) is 11.5 Å². The standard InChI is InChI=1S/C19H18N2O2S/c1-21-8-7-19-12-4-6-15(24-10-20)18(19)23-17-14(22-2)5-3-11(16(17)19)9-13(12)21/h3-6,13,18H,7-9H2,1-2H3/t13-,18+,19+/m1/s1. The fourth-order valence-electron chi connectivity index (χ4n) is 5.06. The first-order valence-corrected chi connectivity index (χ1v) is 9.07. The number of thioether (sulfide) groups is 1. The smallest absolute Gasteiger partial charge is 0.166 e. The van der Waals surface area contributed by atoms with Gasteiger partial charge in [0.05, 0.1) is 12.5 Å². The normalized spacial score (nSPS) is 32.2. The molecule has 2 heterocycles. The first-order chi connectivity index (χ1) is 11.7. The number of methoxy groups -OCH3 is 1. The van der Waals surface area contributed by atoms with E-state index in [0.29, 0.717) is 6.04 Å². The van der Waals surface area contributed by atoms with Gasteiger partial charge in [0, 0.05) is 16.5 Å². The summed E-state index contributed by atoms with van der Waals surface area (Å²) in [6.07, 6.45) is 6.27. The van der Waals surface area contributed by atoms with Crippen molar-refractivity contribution < 1.29 is 9.47 Å².